The maximum absolute atomic E-state index is 15.1. The predicted molar refractivity (Wildman–Crippen MR) is 123 cm³/mol. The van der Waals surface area contributed by atoms with Gasteiger partial charge in [-0.05, 0) is 42.5 Å². The molecule has 45 heavy (non-hydrogen) atoms. The van der Waals surface area contributed by atoms with Gasteiger partial charge in [0.25, 0.3) is 11.8 Å². The second kappa shape index (κ2) is 12.0. The van der Waals surface area contributed by atoms with Crippen LogP contribution in [0.15, 0.2) is 48.5 Å². The van der Waals surface area contributed by atoms with Crippen LogP contribution in [0.3, 0.4) is 0 Å². The highest BCUT2D eigenvalue weighted by atomic mass is 19.4. The van der Waals surface area contributed by atoms with Gasteiger partial charge in [0, 0.05) is 5.56 Å². The monoisotopic (exact) mass is 670 g/mol. The maximum Gasteiger partial charge on any atom is 0.435 e. The summed E-state index contributed by atoms with van der Waals surface area (Å²) < 4.78 is 191. The van der Waals surface area contributed by atoms with Crippen molar-refractivity contribution in [2.45, 2.75) is 30.8 Å². The first-order valence-electron chi connectivity index (χ1n) is 11.4. The fraction of sp³-hybridized carbons (Fsp3) is 0.200. The molecule has 20 heteroatoms. The van der Waals surface area contributed by atoms with Crippen molar-refractivity contribution in [3.05, 3.63) is 82.4 Å². The van der Waals surface area contributed by atoms with Crippen molar-refractivity contribution < 1.29 is 80.9 Å². The molecule has 0 aliphatic carbocycles. The van der Waals surface area contributed by atoms with Gasteiger partial charge in [-0.15, -0.1) is 0 Å². The number of hydrogen-bond acceptors (Lipinski definition) is 4. The maximum atomic E-state index is 15.1. The molecule has 0 saturated carbocycles. The lowest BCUT2D eigenvalue weighted by molar-refractivity contribution is -0.348. The topological polar surface area (TPSA) is 87.7 Å². The van der Waals surface area contributed by atoms with Crippen molar-refractivity contribution >= 4 is 23.2 Å². The van der Waals surface area contributed by atoms with Crippen LogP contribution in [-0.2, 0) is 11.8 Å². The zero-order valence-corrected chi connectivity index (χ0v) is 21.2. The minimum Gasteiger partial charge on any atom is -0.506 e. The van der Waals surface area contributed by atoms with Gasteiger partial charge in [0.05, 0.1) is 22.4 Å². The third kappa shape index (κ3) is 6.98. The highest BCUT2D eigenvalue weighted by Crippen LogP contribution is 2.55. The second-order valence-corrected chi connectivity index (χ2v) is 8.67. The Morgan fingerprint density at radius 2 is 1.31 bits per heavy atom. The van der Waals surface area contributed by atoms with Crippen molar-refractivity contribution in [3.8, 4) is 11.5 Å². The van der Waals surface area contributed by atoms with Crippen LogP contribution >= 0.6 is 0 Å². The Kier molecular flexibility index (Phi) is 9.22. The summed E-state index contributed by atoms with van der Waals surface area (Å²) >= 11 is 0. The molecule has 3 aromatic carbocycles. The smallest absolute Gasteiger partial charge is 0.435 e. The van der Waals surface area contributed by atoms with Crippen molar-refractivity contribution in [2.75, 3.05) is 10.6 Å². The average Bonchev–Trinajstić information content (AvgIpc) is 2.88. The molecule has 0 unspecified atom stereocenters. The molecule has 0 radical (unpaired) electrons. The number of halogens is 14. The zero-order chi connectivity index (χ0) is 34.3. The molecule has 244 valence electrons. The van der Waals surface area contributed by atoms with Gasteiger partial charge < -0.3 is 20.5 Å². The minimum absolute atomic E-state index is 0.0831. The number of carbonyl (C=O) groups excluding carboxylic acids is 2. The molecule has 0 aliphatic heterocycles. The fourth-order valence-corrected chi connectivity index (χ4v) is 3.65. The first-order valence-corrected chi connectivity index (χ1v) is 11.4. The number of carbonyl (C=O) groups is 2. The van der Waals surface area contributed by atoms with E-state index in [4.69, 9.17) is 0 Å². The Morgan fingerprint density at radius 3 is 1.84 bits per heavy atom. The number of alkyl halides is 12. The molecule has 0 spiro atoms. The van der Waals surface area contributed by atoms with Gasteiger partial charge >= 0.3 is 30.8 Å². The third-order valence-electron chi connectivity index (χ3n) is 5.74. The Balaban J connectivity index is 2.01. The SMILES string of the molecule is O=C(Nc1cccc(C(=O)Nc2c(O)cc(C(F)(C(F)(F)F)C(F)(F)F)cc2OC(F)F)c1F)c1cc(C(F)(F)F)ccc1F. The molecule has 3 rings (SSSR count). The molecular weight excluding hydrogens is 658 g/mol. The van der Waals surface area contributed by atoms with E-state index in [0.29, 0.717) is 18.2 Å². The molecule has 6 nitrogen and oxygen atoms in total. The Hall–Kier alpha value is -4.78. The van der Waals surface area contributed by atoms with Crippen molar-refractivity contribution in [2.24, 2.45) is 0 Å². The summed E-state index contributed by atoms with van der Waals surface area (Å²) in [5.74, 6) is -10.4. The van der Waals surface area contributed by atoms with Gasteiger partial charge in [0.1, 0.15) is 17.3 Å². The van der Waals surface area contributed by atoms with E-state index >= 15 is 4.39 Å². The summed E-state index contributed by atoms with van der Waals surface area (Å²) in [5.41, 5.74) is -15.1. The van der Waals surface area contributed by atoms with Gasteiger partial charge in [-0.2, -0.15) is 48.3 Å². The van der Waals surface area contributed by atoms with E-state index in [0.717, 1.165) is 6.07 Å². The van der Waals surface area contributed by atoms with Crippen LogP contribution in [0.25, 0.3) is 0 Å². The van der Waals surface area contributed by atoms with E-state index in [1.165, 1.54) is 5.32 Å². The fourth-order valence-electron chi connectivity index (χ4n) is 3.65. The number of phenols is 1. The summed E-state index contributed by atoms with van der Waals surface area (Å²) in [4.78, 5) is 25.1. The zero-order valence-electron chi connectivity index (χ0n) is 21.2. The number of amides is 2. The second-order valence-electron chi connectivity index (χ2n) is 8.67. The van der Waals surface area contributed by atoms with Crippen molar-refractivity contribution in [1.29, 1.82) is 0 Å². The largest absolute Gasteiger partial charge is 0.506 e. The van der Waals surface area contributed by atoms with Gasteiger partial charge in [-0.3, -0.25) is 9.59 Å². The highest BCUT2D eigenvalue weighted by Gasteiger charge is 2.73. The van der Waals surface area contributed by atoms with Crippen LogP contribution in [0, 0.1) is 11.6 Å². The number of rotatable bonds is 7. The van der Waals surface area contributed by atoms with E-state index in [1.807, 2.05) is 0 Å². The molecular formula is C25H12F14N2O4. The van der Waals surface area contributed by atoms with E-state index in [9.17, 15) is 71.8 Å². The number of benzene rings is 3. The highest BCUT2D eigenvalue weighted by molar-refractivity contribution is 6.08. The molecule has 0 bridgehead atoms. The van der Waals surface area contributed by atoms with Crippen LogP contribution < -0.4 is 15.4 Å². The number of nitrogens with one attached hydrogen (secondary N) is 2. The van der Waals surface area contributed by atoms with Crippen LogP contribution in [0.1, 0.15) is 31.8 Å². The molecule has 3 N–H and O–H groups in total. The first kappa shape index (κ1) is 34.7. The molecule has 0 fully saturated rings. The molecule has 0 aromatic heterocycles. The standard InChI is InChI=1S/C25H12F14N2O4/c26-13-5-4-9(23(31,32)33)6-12(13)20(44)40-14-3-1-2-11(17(14)27)19(43)41-18-15(42)7-10(8-16(18)45-21(28)29)22(30,24(34,35)36)25(37,38)39/h1-8,21,42H,(H,40,44)(H,41,43). The minimum atomic E-state index is -6.75. The van der Waals surface area contributed by atoms with Gasteiger partial charge in [0.2, 0.25) is 0 Å². The lowest BCUT2D eigenvalue weighted by atomic mass is 9.93. The third-order valence-corrected chi connectivity index (χ3v) is 5.74. The number of ether oxygens (including phenoxy) is 1. The first-order chi connectivity index (χ1) is 20.5. The number of aromatic hydroxyl groups is 1. The molecule has 3 aromatic rings. The lowest BCUT2D eigenvalue weighted by Gasteiger charge is -2.31. The molecule has 0 saturated heterocycles. The van der Waals surface area contributed by atoms with Gasteiger partial charge in [-0.1, -0.05) is 6.07 Å². The quantitative estimate of drug-likeness (QED) is 0.175. The van der Waals surface area contributed by atoms with E-state index in [1.54, 1.807) is 5.32 Å². The van der Waals surface area contributed by atoms with E-state index in [2.05, 4.69) is 4.74 Å². The Labute approximate surface area is 240 Å². The average molecular weight is 670 g/mol. The molecule has 0 atom stereocenters. The summed E-state index contributed by atoms with van der Waals surface area (Å²) in [7, 11) is 0. The normalized spacial score (nSPS) is 12.7. The predicted octanol–water partition coefficient (Wildman–Crippen LogP) is 8.08. The van der Waals surface area contributed by atoms with Gasteiger partial charge in [0.15, 0.2) is 11.6 Å². The number of hydrogen-bond donors (Lipinski definition) is 3. The summed E-state index contributed by atoms with van der Waals surface area (Å²) in [6.07, 6.45) is -18.5. The number of phenolic OH excluding ortho intramolecular Hbond substituents is 1. The van der Waals surface area contributed by atoms with Gasteiger partial charge in [-0.25, -0.2) is 13.2 Å². The summed E-state index contributed by atoms with van der Waals surface area (Å²) in [6, 6.07) is 1.70. The van der Waals surface area contributed by atoms with Crippen LogP contribution in [0.2, 0.25) is 0 Å². The van der Waals surface area contributed by atoms with Crippen molar-refractivity contribution in [3.63, 3.8) is 0 Å². The van der Waals surface area contributed by atoms with E-state index < -0.39 is 112 Å². The lowest BCUT2D eigenvalue weighted by Crippen LogP contribution is -2.50. The van der Waals surface area contributed by atoms with Crippen molar-refractivity contribution in [1.82, 2.24) is 0 Å². The Morgan fingerprint density at radius 1 is 0.733 bits per heavy atom. The summed E-state index contributed by atoms with van der Waals surface area (Å²) in [5, 5.41) is 13.2. The Bertz CT molecular complexity index is 1600. The molecule has 0 heterocycles. The number of anilines is 2. The van der Waals surface area contributed by atoms with E-state index in [-0.39, 0.29) is 12.1 Å². The van der Waals surface area contributed by atoms with Crippen LogP contribution in [-0.4, -0.2) is 35.9 Å². The van der Waals surface area contributed by atoms with Crippen LogP contribution in [0.4, 0.5) is 72.8 Å². The molecule has 2 amide bonds. The summed E-state index contributed by atoms with van der Waals surface area (Å²) in [6.45, 7) is -4.05. The molecule has 0 aliphatic rings. The van der Waals surface area contributed by atoms with Crippen LogP contribution in [0.5, 0.6) is 11.5 Å².